The Morgan fingerprint density at radius 3 is 2.40 bits per heavy atom. The van der Waals surface area contributed by atoms with Crippen LogP contribution in [0.2, 0.25) is 0 Å². The maximum atomic E-state index is 10.5. The van der Waals surface area contributed by atoms with E-state index in [4.69, 9.17) is 0 Å². The lowest BCUT2D eigenvalue weighted by Gasteiger charge is -2.60. The lowest BCUT2D eigenvalue weighted by atomic mass is 9.45. The molecule has 4 fully saturated rings. The molecule has 0 amide bonds. The molecule has 1 heteroatoms. The quantitative estimate of drug-likeness (QED) is 0.675. The largest absolute Gasteiger partial charge is 0.393 e. The smallest absolute Gasteiger partial charge is 0.0596 e. The van der Waals surface area contributed by atoms with Gasteiger partial charge in [-0.25, -0.2) is 0 Å². The molecule has 0 saturated heterocycles. The highest BCUT2D eigenvalue weighted by Crippen LogP contribution is 2.66. The van der Waals surface area contributed by atoms with E-state index in [1.807, 2.05) is 0 Å². The first-order valence-electron chi connectivity index (χ1n) is 9.24. The van der Waals surface area contributed by atoms with Crippen LogP contribution in [-0.2, 0) is 0 Å². The van der Waals surface area contributed by atoms with Crippen molar-refractivity contribution in [1.29, 1.82) is 0 Å². The van der Waals surface area contributed by atoms with Gasteiger partial charge in [0.2, 0.25) is 0 Å². The van der Waals surface area contributed by atoms with E-state index in [1.54, 1.807) is 0 Å². The summed E-state index contributed by atoms with van der Waals surface area (Å²) in [5.74, 6) is 3.76. The Morgan fingerprint density at radius 1 is 0.750 bits per heavy atom. The zero-order valence-electron chi connectivity index (χ0n) is 13.4. The van der Waals surface area contributed by atoms with Crippen LogP contribution in [-0.4, -0.2) is 11.2 Å². The van der Waals surface area contributed by atoms with Gasteiger partial charge in [0.25, 0.3) is 0 Å². The van der Waals surface area contributed by atoms with Crippen LogP contribution in [0.1, 0.15) is 78.1 Å². The van der Waals surface area contributed by atoms with E-state index in [9.17, 15) is 5.11 Å². The van der Waals surface area contributed by atoms with E-state index in [-0.39, 0.29) is 11.5 Å². The van der Waals surface area contributed by atoms with E-state index >= 15 is 0 Å². The van der Waals surface area contributed by atoms with Gasteiger partial charge in [0.1, 0.15) is 0 Å². The summed E-state index contributed by atoms with van der Waals surface area (Å²) in [6.45, 7) is 5.04. The van der Waals surface area contributed by atoms with Gasteiger partial charge in [0.05, 0.1) is 6.10 Å². The average Bonchev–Trinajstić information content (AvgIpc) is 2.74. The predicted molar refractivity (Wildman–Crippen MR) is 82.4 cm³/mol. The predicted octanol–water partition coefficient (Wildman–Crippen LogP) is 4.78. The normalized spacial score (nSPS) is 58.6. The Kier molecular flexibility index (Phi) is 3.05. The fourth-order valence-electron chi connectivity index (χ4n) is 7.27. The average molecular weight is 276 g/mol. The molecule has 0 aliphatic heterocycles. The summed E-state index contributed by atoms with van der Waals surface area (Å²) >= 11 is 0. The van der Waals surface area contributed by atoms with Crippen molar-refractivity contribution in [3.8, 4) is 0 Å². The molecule has 4 rings (SSSR count). The van der Waals surface area contributed by atoms with Crippen LogP contribution in [0, 0.1) is 34.5 Å². The summed E-state index contributed by atoms with van der Waals surface area (Å²) in [6.07, 6.45) is 14.0. The van der Waals surface area contributed by atoms with Crippen molar-refractivity contribution in [3.05, 3.63) is 0 Å². The van der Waals surface area contributed by atoms with E-state index in [0.29, 0.717) is 5.41 Å². The van der Waals surface area contributed by atoms with Crippen molar-refractivity contribution in [2.45, 2.75) is 84.2 Å². The van der Waals surface area contributed by atoms with Crippen molar-refractivity contribution in [2.24, 2.45) is 34.5 Å². The van der Waals surface area contributed by atoms with Crippen molar-refractivity contribution in [2.75, 3.05) is 0 Å². The second kappa shape index (κ2) is 4.48. The van der Waals surface area contributed by atoms with Crippen LogP contribution in [0.3, 0.4) is 0 Å². The van der Waals surface area contributed by atoms with Crippen LogP contribution >= 0.6 is 0 Å². The van der Waals surface area contributed by atoms with E-state index in [2.05, 4.69) is 13.8 Å². The lowest BCUT2D eigenvalue weighted by Crippen LogP contribution is -2.53. The van der Waals surface area contributed by atoms with Gasteiger partial charge in [-0.05, 0) is 85.9 Å². The first kappa shape index (κ1) is 13.6. The highest BCUT2D eigenvalue weighted by atomic mass is 16.3. The molecule has 7 atom stereocenters. The number of fused-ring (bicyclic) bond motifs is 5. The first-order valence-corrected chi connectivity index (χ1v) is 9.24. The summed E-state index contributed by atoms with van der Waals surface area (Å²) in [5, 5.41) is 10.5. The summed E-state index contributed by atoms with van der Waals surface area (Å²) < 4.78 is 0. The van der Waals surface area contributed by atoms with E-state index < -0.39 is 0 Å². The molecule has 114 valence electrons. The van der Waals surface area contributed by atoms with Gasteiger partial charge in [-0.15, -0.1) is 0 Å². The minimum absolute atomic E-state index is 0.00895. The van der Waals surface area contributed by atoms with Gasteiger partial charge < -0.3 is 5.11 Å². The standard InChI is InChI=1S/C19H32O/c1-18-11-4-3-5-13(18)6-7-14-15-8-9-17(20)19(15,2)12-10-16(14)18/h13-17,20H,3-12H2,1-2H3/t13?,14?,15?,16?,17-,18-,19-/m0/s1. The Hall–Kier alpha value is -0.0400. The van der Waals surface area contributed by atoms with Crippen LogP contribution in [0.25, 0.3) is 0 Å². The fraction of sp³-hybridized carbons (Fsp3) is 1.00. The van der Waals surface area contributed by atoms with Gasteiger partial charge in [0.15, 0.2) is 0 Å². The molecule has 1 nitrogen and oxygen atoms in total. The fourth-order valence-corrected chi connectivity index (χ4v) is 7.27. The number of aliphatic hydroxyl groups is 1. The van der Waals surface area contributed by atoms with E-state index in [0.717, 1.165) is 30.1 Å². The SMILES string of the molecule is C[C@]12CCCCC1CCC1C2CC[C@@]2(C)C1CC[C@@H]2O. The molecule has 1 N–H and O–H groups in total. The third-order valence-corrected chi connectivity index (χ3v) is 8.53. The zero-order valence-corrected chi connectivity index (χ0v) is 13.4. The number of hydrogen-bond donors (Lipinski definition) is 1. The first-order chi connectivity index (χ1) is 9.56. The van der Waals surface area contributed by atoms with Gasteiger partial charge in [-0.3, -0.25) is 0 Å². The summed E-state index contributed by atoms with van der Waals surface area (Å²) in [6, 6.07) is 0. The molecule has 0 aromatic heterocycles. The molecule has 0 heterocycles. The molecule has 20 heavy (non-hydrogen) atoms. The molecule has 0 aromatic rings. The number of aliphatic hydroxyl groups excluding tert-OH is 1. The lowest BCUT2D eigenvalue weighted by molar-refractivity contribution is -0.120. The molecule has 0 bridgehead atoms. The number of hydrogen-bond acceptors (Lipinski definition) is 1. The molecule has 4 saturated carbocycles. The highest BCUT2D eigenvalue weighted by Gasteiger charge is 2.59. The Labute approximate surface area is 124 Å². The van der Waals surface area contributed by atoms with Crippen LogP contribution in [0.15, 0.2) is 0 Å². The van der Waals surface area contributed by atoms with Crippen molar-refractivity contribution < 1.29 is 5.11 Å². The number of rotatable bonds is 0. The third kappa shape index (κ3) is 1.65. The monoisotopic (exact) mass is 276 g/mol. The minimum Gasteiger partial charge on any atom is -0.393 e. The molecular weight excluding hydrogens is 244 g/mol. The summed E-state index contributed by atoms with van der Waals surface area (Å²) in [4.78, 5) is 0. The van der Waals surface area contributed by atoms with Gasteiger partial charge in [-0.2, -0.15) is 0 Å². The molecule has 4 aliphatic carbocycles. The van der Waals surface area contributed by atoms with Gasteiger partial charge in [-0.1, -0.05) is 26.7 Å². The third-order valence-electron chi connectivity index (χ3n) is 8.53. The summed E-state index contributed by atoms with van der Waals surface area (Å²) in [7, 11) is 0. The van der Waals surface area contributed by atoms with Gasteiger partial charge in [0, 0.05) is 0 Å². The van der Waals surface area contributed by atoms with Crippen LogP contribution < -0.4 is 0 Å². The molecule has 4 aliphatic rings. The van der Waals surface area contributed by atoms with Crippen LogP contribution in [0.4, 0.5) is 0 Å². The van der Waals surface area contributed by atoms with Crippen molar-refractivity contribution in [3.63, 3.8) is 0 Å². The van der Waals surface area contributed by atoms with Gasteiger partial charge >= 0.3 is 0 Å². The Morgan fingerprint density at radius 2 is 1.55 bits per heavy atom. The second-order valence-electron chi connectivity index (χ2n) is 9.04. The maximum absolute atomic E-state index is 10.5. The summed E-state index contributed by atoms with van der Waals surface area (Å²) in [5.41, 5.74) is 0.912. The molecule has 0 radical (unpaired) electrons. The molecule has 0 spiro atoms. The zero-order chi connectivity index (χ0) is 14.0. The molecule has 0 aromatic carbocycles. The minimum atomic E-state index is -0.00895. The maximum Gasteiger partial charge on any atom is 0.0596 e. The highest BCUT2D eigenvalue weighted by molar-refractivity contribution is 5.08. The van der Waals surface area contributed by atoms with Crippen molar-refractivity contribution in [1.82, 2.24) is 0 Å². The Balaban J connectivity index is 1.64. The Bertz CT molecular complexity index is 391. The van der Waals surface area contributed by atoms with Crippen LogP contribution in [0.5, 0.6) is 0 Å². The van der Waals surface area contributed by atoms with E-state index in [1.165, 1.54) is 57.8 Å². The topological polar surface area (TPSA) is 20.2 Å². The molecule has 4 unspecified atom stereocenters. The molecular formula is C19H32O. The second-order valence-corrected chi connectivity index (χ2v) is 9.04. The van der Waals surface area contributed by atoms with Crippen molar-refractivity contribution >= 4 is 0 Å².